The van der Waals surface area contributed by atoms with Crippen LogP contribution in [0, 0.1) is 0 Å². The number of ether oxygens (including phenoxy) is 1. The monoisotopic (exact) mass is 450 g/mol. The van der Waals surface area contributed by atoms with Crippen LogP contribution in [-0.2, 0) is 28.5 Å². The maximum absolute atomic E-state index is 13.0. The number of hydrogen-bond acceptors (Lipinski definition) is 7. The summed E-state index contributed by atoms with van der Waals surface area (Å²) >= 11 is 0.193. The molecule has 0 aliphatic heterocycles. The fourth-order valence-corrected chi connectivity index (χ4v) is 4.09. The first kappa shape index (κ1) is 21.2. The summed E-state index contributed by atoms with van der Waals surface area (Å²) in [6.45, 7) is 1.34. The number of carbonyl (C=O) groups is 2. The van der Waals surface area contributed by atoms with Crippen LogP contribution in [0.15, 0.2) is 24.3 Å². The van der Waals surface area contributed by atoms with Gasteiger partial charge in [-0.05, 0) is 44.2 Å². The van der Waals surface area contributed by atoms with Gasteiger partial charge in [0.1, 0.15) is 0 Å². The summed E-state index contributed by atoms with van der Waals surface area (Å²) in [6, 6.07) is 7.20. The normalized spacial score (nSPS) is 14.7. The van der Waals surface area contributed by atoms with Gasteiger partial charge in [0.25, 0.3) is 5.91 Å². The summed E-state index contributed by atoms with van der Waals surface area (Å²) in [5.74, 6) is -1.47. The van der Waals surface area contributed by atoms with Crippen molar-refractivity contribution in [1.29, 1.82) is 0 Å². The molecule has 1 atom stereocenters. The van der Waals surface area contributed by atoms with Crippen LogP contribution in [0.2, 0.25) is 0 Å². The van der Waals surface area contributed by atoms with Crippen molar-refractivity contribution in [3.8, 4) is 0 Å². The highest BCUT2D eigenvalue weighted by molar-refractivity contribution is 7.15. The number of rotatable bonds is 4. The Morgan fingerprint density at radius 1 is 1.16 bits per heavy atom. The highest BCUT2D eigenvalue weighted by atomic mass is 32.1. The molecule has 0 fully saturated rings. The number of anilines is 1. The highest BCUT2D eigenvalue weighted by Crippen LogP contribution is 2.33. The zero-order valence-corrected chi connectivity index (χ0v) is 17.1. The first-order valence-electron chi connectivity index (χ1n) is 9.57. The first-order valence-corrected chi connectivity index (χ1v) is 10.4. The minimum absolute atomic E-state index is 0.193. The van der Waals surface area contributed by atoms with E-state index in [-0.39, 0.29) is 16.5 Å². The summed E-state index contributed by atoms with van der Waals surface area (Å²) < 4.78 is 43.3. The minimum atomic E-state index is -4.65. The first-order chi connectivity index (χ1) is 14.7. The predicted octanol–water partition coefficient (Wildman–Crippen LogP) is 4.17. The number of amides is 1. The van der Waals surface area contributed by atoms with Crippen LogP contribution >= 0.6 is 11.3 Å². The zero-order chi connectivity index (χ0) is 22.2. The Kier molecular flexibility index (Phi) is 5.61. The third kappa shape index (κ3) is 4.36. The van der Waals surface area contributed by atoms with Gasteiger partial charge in [0.05, 0.1) is 11.1 Å². The number of para-hydroxylation sites is 1. The van der Waals surface area contributed by atoms with Gasteiger partial charge in [-0.2, -0.15) is 13.2 Å². The number of aromatic nitrogens is 3. The van der Waals surface area contributed by atoms with Gasteiger partial charge in [-0.15, -0.1) is 10.2 Å². The second-order valence-corrected chi connectivity index (χ2v) is 8.06. The van der Waals surface area contributed by atoms with Crippen LogP contribution in [0.3, 0.4) is 0 Å². The van der Waals surface area contributed by atoms with Gasteiger partial charge < -0.3 is 4.74 Å². The topological polar surface area (TPSA) is 94.1 Å². The van der Waals surface area contributed by atoms with E-state index in [1.54, 1.807) is 12.1 Å². The molecule has 2 aromatic heterocycles. The van der Waals surface area contributed by atoms with E-state index >= 15 is 0 Å². The molecule has 0 saturated heterocycles. The van der Waals surface area contributed by atoms with E-state index in [1.807, 2.05) is 12.1 Å². The lowest BCUT2D eigenvalue weighted by Gasteiger charge is -2.21. The van der Waals surface area contributed by atoms with Crippen molar-refractivity contribution in [1.82, 2.24) is 15.2 Å². The number of alkyl halides is 3. The molecule has 1 aliphatic carbocycles. The van der Waals surface area contributed by atoms with Crippen LogP contribution in [0.4, 0.5) is 18.3 Å². The van der Waals surface area contributed by atoms with E-state index in [9.17, 15) is 22.8 Å². The Morgan fingerprint density at radius 2 is 1.90 bits per heavy atom. The standard InChI is InChI=1S/C20H17F3N4O3S/c1-10(16(28)25-19-27-26-18(31-19)20(21,22)23)30-17(29)15-11-6-2-4-8-13(11)24-14-9-5-3-7-12(14)15/h2,4,6,8,10H,3,5,7,9H2,1H3,(H,25,27,28)/t10-/m0/s1. The molecule has 1 aromatic carbocycles. The maximum Gasteiger partial charge on any atom is 0.445 e. The summed E-state index contributed by atoms with van der Waals surface area (Å²) in [4.78, 5) is 30.0. The molecule has 11 heteroatoms. The average molecular weight is 450 g/mol. The lowest BCUT2D eigenvalue weighted by atomic mass is 9.90. The zero-order valence-electron chi connectivity index (χ0n) is 16.3. The molecule has 0 radical (unpaired) electrons. The number of benzene rings is 1. The number of esters is 1. The molecule has 0 unspecified atom stereocenters. The lowest BCUT2D eigenvalue weighted by Crippen LogP contribution is -2.30. The number of aryl methyl sites for hydroxylation is 1. The lowest BCUT2D eigenvalue weighted by molar-refractivity contribution is -0.138. The highest BCUT2D eigenvalue weighted by Gasteiger charge is 2.36. The molecule has 3 aromatic rings. The summed E-state index contributed by atoms with van der Waals surface area (Å²) in [5.41, 5.74) is 2.72. The molecular formula is C20H17F3N4O3S. The Hall–Kier alpha value is -3.08. The van der Waals surface area contributed by atoms with Crippen LogP contribution in [0.5, 0.6) is 0 Å². The Balaban J connectivity index is 1.55. The predicted molar refractivity (Wildman–Crippen MR) is 107 cm³/mol. The van der Waals surface area contributed by atoms with Crippen molar-refractivity contribution >= 4 is 39.2 Å². The quantitative estimate of drug-likeness (QED) is 0.600. The maximum atomic E-state index is 13.0. The average Bonchev–Trinajstić information content (AvgIpc) is 3.20. The van der Waals surface area contributed by atoms with Crippen LogP contribution in [0.25, 0.3) is 10.9 Å². The van der Waals surface area contributed by atoms with Crippen LogP contribution < -0.4 is 5.32 Å². The Bertz CT molecular complexity index is 1160. The van der Waals surface area contributed by atoms with Gasteiger partial charge in [-0.25, -0.2) is 4.79 Å². The van der Waals surface area contributed by atoms with Crippen molar-refractivity contribution in [3.05, 3.63) is 46.1 Å². The number of hydrogen-bond donors (Lipinski definition) is 1. The second-order valence-electron chi connectivity index (χ2n) is 7.08. The van der Waals surface area contributed by atoms with Gasteiger partial charge in [0.2, 0.25) is 10.1 Å². The van der Waals surface area contributed by atoms with Crippen molar-refractivity contribution in [2.75, 3.05) is 5.32 Å². The summed E-state index contributed by atoms with van der Waals surface area (Å²) in [5, 5.41) is 7.65. The number of halogens is 3. The smallest absolute Gasteiger partial charge is 0.445 e. The molecule has 7 nitrogen and oxygen atoms in total. The van der Waals surface area contributed by atoms with E-state index in [2.05, 4.69) is 20.5 Å². The number of pyridine rings is 1. The van der Waals surface area contributed by atoms with Crippen molar-refractivity contribution in [3.63, 3.8) is 0 Å². The molecule has 4 rings (SSSR count). The molecule has 162 valence electrons. The number of carbonyl (C=O) groups excluding carboxylic acids is 2. The fraction of sp³-hybridized carbons (Fsp3) is 0.350. The largest absolute Gasteiger partial charge is 0.449 e. The molecule has 2 heterocycles. The SMILES string of the molecule is C[C@H](OC(=O)c1c2c(nc3ccccc13)CCCC2)C(=O)Nc1nnc(C(F)(F)F)s1. The van der Waals surface area contributed by atoms with E-state index in [0.717, 1.165) is 30.5 Å². The van der Waals surface area contributed by atoms with Gasteiger partial charge in [-0.1, -0.05) is 29.5 Å². The minimum Gasteiger partial charge on any atom is -0.449 e. The summed E-state index contributed by atoms with van der Waals surface area (Å²) in [7, 11) is 0. The molecular weight excluding hydrogens is 433 g/mol. The van der Waals surface area contributed by atoms with E-state index in [0.29, 0.717) is 22.9 Å². The van der Waals surface area contributed by atoms with Gasteiger partial charge in [-0.3, -0.25) is 15.1 Å². The third-order valence-corrected chi connectivity index (χ3v) is 5.81. The van der Waals surface area contributed by atoms with E-state index < -0.39 is 29.2 Å². The number of nitrogens with one attached hydrogen (secondary N) is 1. The molecule has 0 bridgehead atoms. The van der Waals surface area contributed by atoms with Gasteiger partial charge in [0, 0.05) is 11.1 Å². The van der Waals surface area contributed by atoms with E-state index in [4.69, 9.17) is 4.74 Å². The number of nitrogens with zero attached hydrogens (tertiary/aromatic N) is 3. The summed E-state index contributed by atoms with van der Waals surface area (Å²) in [6.07, 6.45) is -2.56. The van der Waals surface area contributed by atoms with E-state index in [1.165, 1.54) is 6.92 Å². The van der Waals surface area contributed by atoms with Crippen molar-refractivity contribution < 1.29 is 27.5 Å². The fourth-order valence-electron chi connectivity index (χ4n) is 3.47. The van der Waals surface area contributed by atoms with Crippen LogP contribution in [-0.4, -0.2) is 33.2 Å². The molecule has 1 N–H and O–H groups in total. The Labute approximate surface area is 178 Å². The van der Waals surface area contributed by atoms with Crippen LogP contribution in [0.1, 0.15) is 46.4 Å². The van der Waals surface area contributed by atoms with Gasteiger partial charge >= 0.3 is 12.1 Å². The molecule has 0 spiro atoms. The van der Waals surface area contributed by atoms with Crippen molar-refractivity contribution in [2.45, 2.75) is 44.9 Å². The molecule has 1 amide bonds. The molecule has 31 heavy (non-hydrogen) atoms. The second kappa shape index (κ2) is 8.22. The molecule has 1 aliphatic rings. The van der Waals surface area contributed by atoms with Gasteiger partial charge in [0.15, 0.2) is 6.10 Å². The van der Waals surface area contributed by atoms with Crippen molar-refractivity contribution in [2.24, 2.45) is 0 Å². The Morgan fingerprint density at radius 3 is 2.65 bits per heavy atom. The molecule has 0 saturated carbocycles. The number of fused-ring (bicyclic) bond motifs is 2. The third-order valence-electron chi connectivity index (χ3n) is 4.92.